The number of carbonyl (C=O) groups excluding carboxylic acids is 4. The van der Waals surface area contributed by atoms with E-state index in [0.717, 1.165) is 102 Å². The van der Waals surface area contributed by atoms with E-state index in [1.807, 2.05) is 0 Å². The molecule has 0 rings (SSSR count). The molecular formula is C73H142O17P2. The van der Waals surface area contributed by atoms with Crippen LogP contribution in [0.2, 0.25) is 0 Å². The van der Waals surface area contributed by atoms with Crippen LogP contribution in [0, 0.1) is 11.8 Å². The Labute approximate surface area is 562 Å². The van der Waals surface area contributed by atoms with Gasteiger partial charge in [0.15, 0.2) is 12.2 Å². The van der Waals surface area contributed by atoms with Crippen LogP contribution in [0.5, 0.6) is 0 Å². The highest BCUT2D eigenvalue weighted by Crippen LogP contribution is 2.45. The molecule has 0 aliphatic heterocycles. The van der Waals surface area contributed by atoms with Crippen molar-refractivity contribution in [3.63, 3.8) is 0 Å². The van der Waals surface area contributed by atoms with Crippen molar-refractivity contribution in [2.45, 2.75) is 394 Å². The van der Waals surface area contributed by atoms with Crippen molar-refractivity contribution in [2.24, 2.45) is 11.8 Å². The summed E-state index contributed by atoms with van der Waals surface area (Å²) in [6, 6.07) is 0. The quantitative estimate of drug-likeness (QED) is 0.0222. The number of ether oxygens (including phenoxy) is 4. The molecule has 92 heavy (non-hydrogen) atoms. The maximum absolute atomic E-state index is 13.1. The SMILES string of the molecule is CCCCCCCCCCCCCCCCCCCCCC(=O)O[C@H](COC(=O)CCCCCCCCCCCCCCCCCC(C)C)COP(=O)(O)OC[C@@H](O)COP(=O)(O)OC[C@@H](COC(=O)CCCCCCC)OC(=O)CCCCCCCCCC(C)C. The minimum absolute atomic E-state index is 0.103. The smallest absolute Gasteiger partial charge is 0.462 e. The first-order valence-electron chi connectivity index (χ1n) is 38.0. The van der Waals surface area contributed by atoms with Gasteiger partial charge in [0.05, 0.1) is 26.4 Å². The van der Waals surface area contributed by atoms with Crippen LogP contribution in [-0.2, 0) is 65.4 Å². The van der Waals surface area contributed by atoms with E-state index in [0.29, 0.717) is 31.6 Å². The van der Waals surface area contributed by atoms with E-state index < -0.39 is 97.5 Å². The van der Waals surface area contributed by atoms with Crippen LogP contribution in [-0.4, -0.2) is 96.7 Å². The molecule has 0 fully saturated rings. The number of hydrogen-bond acceptors (Lipinski definition) is 15. The number of unbranched alkanes of at least 4 members (excludes halogenated alkanes) is 42. The molecule has 0 saturated heterocycles. The number of aliphatic hydroxyl groups excluding tert-OH is 1. The van der Waals surface area contributed by atoms with Crippen LogP contribution >= 0.6 is 15.6 Å². The van der Waals surface area contributed by atoms with Gasteiger partial charge in [0, 0.05) is 25.7 Å². The molecule has 0 bridgehead atoms. The molecule has 0 amide bonds. The van der Waals surface area contributed by atoms with Gasteiger partial charge in [0.25, 0.3) is 0 Å². The van der Waals surface area contributed by atoms with Gasteiger partial charge in [0.2, 0.25) is 0 Å². The van der Waals surface area contributed by atoms with Gasteiger partial charge in [-0.05, 0) is 37.5 Å². The Balaban J connectivity index is 5.13. The fraction of sp³-hybridized carbons (Fsp3) is 0.945. The predicted octanol–water partition coefficient (Wildman–Crippen LogP) is 21.2. The van der Waals surface area contributed by atoms with Crippen LogP contribution in [0.25, 0.3) is 0 Å². The largest absolute Gasteiger partial charge is 0.472 e. The third kappa shape index (κ3) is 66.7. The average molecular weight is 1350 g/mol. The van der Waals surface area contributed by atoms with E-state index in [2.05, 4.69) is 41.5 Å². The summed E-state index contributed by atoms with van der Waals surface area (Å²) in [7, 11) is -9.89. The summed E-state index contributed by atoms with van der Waals surface area (Å²) in [5.74, 6) is -0.631. The van der Waals surface area contributed by atoms with Gasteiger partial charge in [-0.15, -0.1) is 0 Å². The molecule has 0 aliphatic rings. The van der Waals surface area contributed by atoms with Crippen molar-refractivity contribution in [1.82, 2.24) is 0 Å². The number of rotatable bonds is 72. The zero-order valence-electron chi connectivity index (χ0n) is 59.9. The lowest BCUT2D eigenvalue weighted by molar-refractivity contribution is -0.161. The van der Waals surface area contributed by atoms with E-state index in [4.69, 9.17) is 37.0 Å². The second-order valence-corrected chi connectivity index (χ2v) is 30.2. The van der Waals surface area contributed by atoms with Crippen LogP contribution < -0.4 is 0 Å². The van der Waals surface area contributed by atoms with Crippen molar-refractivity contribution in [3.05, 3.63) is 0 Å². The van der Waals surface area contributed by atoms with Gasteiger partial charge >= 0.3 is 39.5 Å². The van der Waals surface area contributed by atoms with E-state index in [-0.39, 0.29) is 25.7 Å². The van der Waals surface area contributed by atoms with Gasteiger partial charge in [0.1, 0.15) is 19.3 Å². The molecule has 3 N–H and O–H groups in total. The Morgan fingerprint density at radius 2 is 0.500 bits per heavy atom. The van der Waals surface area contributed by atoms with Crippen molar-refractivity contribution in [2.75, 3.05) is 39.6 Å². The van der Waals surface area contributed by atoms with Gasteiger partial charge in [-0.25, -0.2) is 9.13 Å². The number of esters is 4. The van der Waals surface area contributed by atoms with Crippen molar-refractivity contribution >= 4 is 39.5 Å². The molecule has 546 valence electrons. The molecule has 0 radical (unpaired) electrons. The summed E-state index contributed by atoms with van der Waals surface area (Å²) in [6.45, 7) is 9.44. The third-order valence-corrected chi connectivity index (χ3v) is 18.9. The second kappa shape index (κ2) is 65.0. The molecule has 2 unspecified atom stereocenters. The van der Waals surface area contributed by atoms with E-state index in [1.54, 1.807) is 0 Å². The summed E-state index contributed by atoms with van der Waals surface area (Å²) in [5, 5.41) is 10.6. The van der Waals surface area contributed by atoms with Crippen molar-refractivity contribution in [3.8, 4) is 0 Å². The summed E-state index contributed by atoms with van der Waals surface area (Å²) in [6.07, 6.45) is 52.0. The number of aliphatic hydroxyl groups is 1. The fourth-order valence-corrected chi connectivity index (χ4v) is 12.7. The highest BCUT2D eigenvalue weighted by atomic mass is 31.2. The molecule has 0 saturated carbocycles. The first-order valence-corrected chi connectivity index (χ1v) is 41.0. The topological polar surface area (TPSA) is 237 Å². The lowest BCUT2D eigenvalue weighted by atomic mass is 10.0. The number of hydrogen-bond donors (Lipinski definition) is 3. The number of carbonyl (C=O) groups is 4. The Hall–Kier alpha value is -1.94. The van der Waals surface area contributed by atoms with Gasteiger partial charge in [-0.1, -0.05) is 324 Å². The lowest BCUT2D eigenvalue weighted by Gasteiger charge is -2.21. The minimum atomic E-state index is -4.95. The summed E-state index contributed by atoms with van der Waals surface area (Å²) in [4.78, 5) is 72.3. The first-order chi connectivity index (χ1) is 44.4. The molecule has 5 atom stereocenters. The van der Waals surface area contributed by atoms with Gasteiger partial charge in [-0.2, -0.15) is 0 Å². The molecule has 0 spiro atoms. The van der Waals surface area contributed by atoms with E-state index >= 15 is 0 Å². The van der Waals surface area contributed by atoms with Crippen molar-refractivity contribution < 1.29 is 80.2 Å². The normalized spacial score (nSPS) is 14.1. The standard InChI is InChI=1S/C73H142O17P2/c1-7-9-11-13-14-15-16-17-18-19-20-21-24-28-31-34-39-45-51-57-72(77)90-69(62-84-71(76)56-50-44-38-33-30-27-25-22-23-26-29-32-36-42-47-53-65(3)4)64-88-92(81,82)86-60-67(74)59-85-91(79,80)87-63-68(61-83-70(75)55-49-41-12-10-8-2)89-73(78)58-52-46-40-35-37-43-48-54-66(5)6/h65-69,74H,7-64H2,1-6H3,(H,79,80)(H,81,82)/t67-,68+,69+/m0/s1. The van der Waals surface area contributed by atoms with Crippen LogP contribution in [0.3, 0.4) is 0 Å². The van der Waals surface area contributed by atoms with E-state index in [1.165, 1.54) is 186 Å². The third-order valence-electron chi connectivity index (χ3n) is 17.0. The molecule has 0 heterocycles. The highest BCUT2D eigenvalue weighted by molar-refractivity contribution is 7.47. The van der Waals surface area contributed by atoms with Crippen molar-refractivity contribution in [1.29, 1.82) is 0 Å². The highest BCUT2D eigenvalue weighted by Gasteiger charge is 2.30. The van der Waals surface area contributed by atoms with Crippen LogP contribution in [0.15, 0.2) is 0 Å². The molecule has 0 aromatic carbocycles. The molecule has 0 aromatic rings. The maximum atomic E-state index is 13.1. The number of phosphoric ester groups is 2. The Morgan fingerprint density at radius 1 is 0.293 bits per heavy atom. The average Bonchev–Trinajstić information content (AvgIpc) is 1.48. The van der Waals surface area contributed by atoms with Crippen LogP contribution in [0.1, 0.15) is 375 Å². The Kier molecular flexibility index (Phi) is 63.7. The fourth-order valence-electron chi connectivity index (χ4n) is 11.1. The molecular weight excluding hydrogens is 1210 g/mol. The minimum Gasteiger partial charge on any atom is -0.462 e. The van der Waals surface area contributed by atoms with Gasteiger partial charge < -0.3 is 33.8 Å². The Morgan fingerprint density at radius 3 is 0.739 bits per heavy atom. The summed E-state index contributed by atoms with van der Waals surface area (Å²) < 4.78 is 68.1. The van der Waals surface area contributed by atoms with Gasteiger partial charge in [-0.3, -0.25) is 37.3 Å². The predicted molar refractivity (Wildman–Crippen MR) is 372 cm³/mol. The Bertz CT molecular complexity index is 1790. The monoisotopic (exact) mass is 1350 g/mol. The maximum Gasteiger partial charge on any atom is 0.472 e. The summed E-state index contributed by atoms with van der Waals surface area (Å²) >= 11 is 0. The number of phosphoric acid groups is 2. The zero-order valence-corrected chi connectivity index (χ0v) is 61.6. The molecule has 0 aliphatic carbocycles. The molecule has 19 heteroatoms. The second-order valence-electron chi connectivity index (χ2n) is 27.3. The lowest BCUT2D eigenvalue weighted by Crippen LogP contribution is -2.30. The summed E-state index contributed by atoms with van der Waals surface area (Å²) in [5.41, 5.74) is 0. The first kappa shape index (κ1) is 90.1. The zero-order chi connectivity index (χ0) is 67.9. The molecule has 17 nitrogen and oxygen atoms in total. The molecule has 0 aromatic heterocycles. The van der Waals surface area contributed by atoms with Crippen LogP contribution in [0.4, 0.5) is 0 Å². The van der Waals surface area contributed by atoms with E-state index in [9.17, 15) is 43.2 Å².